The molecule has 1 N–H and O–H groups in total. The molecule has 0 saturated carbocycles. The van der Waals surface area contributed by atoms with Crippen molar-refractivity contribution < 1.29 is 9.90 Å². The quantitative estimate of drug-likeness (QED) is 0.874. The zero-order valence-corrected chi connectivity index (χ0v) is 11.8. The molecular formula is C14H21N3O2. The number of β-amino-alcohol motifs (C(OH)–C–C–N with tert-alkyl or cyclic N) is 1. The summed E-state index contributed by atoms with van der Waals surface area (Å²) in [7, 11) is 0. The molecule has 1 aromatic rings. The number of likely N-dealkylation sites (tertiary alicyclic amines) is 1. The molecule has 1 aromatic heterocycles. The van der Waals surface area contributed by atoms with Crippen molar-refractivity contribution in [3.8, 4) is 0 Å². The van der Waals surface area contributed by atoms with Crippen LogP contribution in [0.1, 0.15) is 48.4 Å². The average Bonchev–Trinajstić information content (AvgIpc) is 2.36. The van der Waals surface area contributed by atoms with Gasteiger partial charge in [-0.1, -0.05) is 6.92 Å². The van der Waals surface area contributed by atoms with Crippen molar-refractivity contribution >= 4 is 5.91 Å². The van der Waals surface area contributed by atoms with Gasteiger partial charge in [-0.05, 0) is 39.2 Å². The third-order valence-electron chi connectivity index (χ3n) is 3.52. The highest BCUT2D eigenvalue weighted by Gasteiger charge is 2.32. The first-order valence-electron chi connectivity index (χ1n) is 6.78. The predicted octanol–water partition coefficient (Wildman–Crippen LogP) is 1.33. The molecular weight excluding hydrogens is 242 g/mol. The molecule has 2 heterocycles. The minimum absolute atomic E-state index is 0.0465. The van der Waals surface area contributed by atoms with Crippen LogP contribution in [-0.4, -0.2) is 44.8 Å². The molecule has 0 aliphatic carbocycles. The Hall–Kier alpha value is -1.49. The summed E-state index contributed by atoms with van der Waals surface area (Å²) in [4.78, 5) is 14.3. The summed E-state index contributed by atoms with van der Waals surface area (Å²) in [6, 6.07) is 1.79. The standard InChI is InChI=1S/C14H21N3O2/c1-4-12-11(8-10(2)15-16-12)13(18)17-7-5-6-14(3,19)9-17/h8,19H,4-7,9H2,1-3H3. The first-order valence-corrected chi connectivity index (χ1v) is 6.78. The molecule has 0 spiro atoms. The summed E-state index contributed by atoms with van der Waals surface area (Å²) in [5.41, 5.74) is 1.30. The van der Waals surface area contributed by atoms with E-state index in [9.17, 15) is 9.90 Å². The van der Waals surface area contributed by atoms with Crippen molar-refractivity contribution in [3.05, 3.63) is 23.0 Å². The van der Waals surface area contributed by atoms with Crippen LogP contribution in [0.4, 0.5) is 0 Å². The van der Waals surface area contributed by atoms with E-state index in [1.54, 1.807) is 17.9 Å². The largest absolute Gasteiger partial charge is 0.388 e. The van der Waals surface area contributed by atoms with Crippen LogP contribution in [0, 0.1) is 6.92 Å². The van der Waals surface area contributed by atoms with E-state index in [1.807, 2.05) is 13.8 Å². The maximum absolute atomic E-state index is 12.6. The Balaban J connectivity index is 2.26. The van der Waals surface area contributed by atoms with E-state index in [2.05, 4.69) is 10.2 Å². The molecule has 5 heteroatoms. The lowest BCUT2D eigenvalue weighted by Gasteiger charge is -2.37. The van der Waals surface area contributed by atoms with Gasteiger partial charge < -0.3 is 10.0 Å². The molecule has 1 fully saturated rings. The van der Waals surface area contributed by atoms with Gasteiger partial charge in [0.2, 0.25) is 0 Å². The number of amides is 1. The van der Waals surface area contributed by atoms with Gasteiger partial charge in [0.25, 0.3) is 5.91 Å². The highest BCUT2D eigenvalue weighted by Crippen LogP contribution is 2.22. The average molecular weight is 263 g/mol. The maximum atomic E-state index is 12.6. The van der Waals surface area contributed by atoms with E-state index in [1.165, 1.54) is 0 Å². The first-order chi connectivity index (χ1) is 8.93. The maximum Gasteiger partial charge on any atom is 0.255 e. The van der Waals surface area contributed by atoms with Gasteiger partial charge in [0.05, 0.1) is 22.6 Å². The molecule has 0 radical (unpaired) electrons. The number of rotatable bonds is 2. The number of aliphatic hydroxyl groups is 1. The number of carbonyl (C=O) groups is 1. The fourth-order valence-corrected chi connectivity index (χ4v) is 2.52. The van der Waals surface area contributed by atoms with Gasteiger partial charge in [-0.15, -0.1) is 0 Å². The third kappa shape index (κ3) is 3.10. The van der Waals surface area contributed by atoms with Crippen LogP contribution in [0.25, 0.3) is 0 Å². The zero-order chi connectivity index (χ0) is 14.0. The van der Waals surface area contributed by atoms with Crippen molar-refractivity contribution in [1.82, 2.24) is 15.1 Å². The second-order valence-corrected chi connectivity index (χ2v) is 5.53. The van der Waals surface area contributed by atoms with Gasteiger partial charge in [-0.3, -0.25) is 4.79 Å². The van der Waals surface area contributed by atoms with Crippen LogP contribution >= 0.6 is 0 Å². The monoisotopic (exact) mass is 263 g/mol. The molecule has 19 heavy (non-hydrogen) atoms. The van der Waals surface area contributed by atoms with Crippen molar-refractivity contribution in [2.45, 2.75) is 45.6 Å². The van der Waals surface area contributed by atoms with Crippen LogP contribution in [0.2, 0.25) is 0 Å². The molecule has 1 aliphatic heterocycles. The molecule has 1 amide bonds. The highest BCUT2D eigenvalue weighted by atomic mass is 16.3. The number of carbonyl (C=O) groups excluding carboxylic acids is 1. The predicted molar refractivity (Wildman–Crippen MR) is 71.9 cm³/mol. The number of aromatic nitrogens is 2. The van der Waals surface area contributed by atoms with Crippen molar-refractivity contribution in [3.63, 3.8) is 0 Å². The summed E-state index contributed by atoms with van der Waals surface area (Å²) in [5.74, 6) is -0.0465. The van der Waals surface area contributed by atoms with Crippen molar-refractivity contribution in [1.29, 1.82) is 0 Å². The molecule has 1 saturated heterocycles. The Kier molecular flexibility index (Phi) is 3.85. The third-order valence-corrected chi connectivity index (χ3v) is 3.52. The lowest BCUT2D eigenvalue weighted by atomic mass is 9.94. The number of hydrogen-bond donors (Lipinski definition) is 1. The van der Waals surface area contributed by atoms with E-state index in [4.69, 9.17) is 0 Å². The Morgan fingerprint density at radius 2 is 2.26 bits per heavy atom. The second-order valence-electron chi connectivity index (χ2n) is 5.53. The molecule has 1 unspecified atom stereocenters. The van der Waals surface area contributed by atoms with Crippen molar-refractivity contribution in [2.24, 2.45) is 0 Å². The number of nitrogens with zero attached hydrogens (tertiary/aromatic N) is 3. The highest BCUT2D eigenvalue weighted by molar-refractivity contribution is 5.95. The smallest absolute Gasteiger partial charge is 0.255 e. The second kappa shape index (κ2) is 5.25. The number of aryl methyl sites for hydroxylation is 2. The fraction of sp³-hybridized carbons (Fsp3) is 0.643. The van der Waals surface area contributed by atoms with Gasteiger partial charge >= 0.3 is 0 Å². The lowest BCUT2D eigenvalue weighted by Crippen LogP contribution is -2.48. The van der Waals surface area contributed by atoms with E-state index < -0.39 is 5.60 Å². The molecule has 5 nitrogen and oxygen atoms in total. The molecule has 1 aliphatic rings. The molecule has 0 aromatic carbocycles. The van der Waals surface area contributed by atoms with Gasteiger partial charge in [0.1, 0.15) is 0 Å². The zero-order valence-electron chi connectivity index (χ0n) is 11.8. The number of hydrogen-bond acceptors (Lipinski definition) is 4. The van der Waals surface area contributed by atoms with E-state index in [-0.39, 0.29) is 5.91 Å². The van der Waals surface area contributed by atoms with Crippen molar-refractivity contribution in [2.75, 3.05) is 13.1 Å². The topological polar surface area (TPSA) is 66.3 Å². The van der Waals surface area contributed by atoms with Crippen LogP contribution in [0.5, 0.6) is 0 Å². The molecule has 0 bridgehead atoms. The summed E-state index contributed by atoms with van der Waals surface area (Å²) < 4.78 is 0. The summed E-state index contributed by atoms with van der Waals surface area (Å²) in [6.45, 7) is 6.65. The molecule has 104 valence electrons. The van der Waals surface area contributed by atoms with Crippen LogP contribution < -0.4 is 0 Å². The summed E-state index contributed by atoms with van der Waals surface area (Å²) in [6.07, 6.45) is 2.25. The Morgan fingerprint density at radius 3 is 2.89 bits per heavy atom. The van der Waals surface area contributed by atoms with Crippen LogP contribution in [-0.2, 0) is 6.42 Å². The Bertz CT molecular complexity index is 486. The normalized spacial score (nSPS) is 23.5. The number of piperidine rings is 1. The van der Waals surface area contributed by atoms with Gasteiger partial charge in [0, 0.05) is 13.1 Å². The lowest BCUT2D eigenvalue weighted by molar-refractivity contribution is -0.0108. The molecule has 1 atom stereocenters. The van der Waals surface area contributed by atoms with E-state index in [0.717, 1.165) is 24.2 Å². The minimum atomic E-state index is -0.782. The Labute approximate surface area is 113 Å². The SMILES string of the molecule is CCc1nnc(C)cc1C(=O)N1CCCC(C)(O)C1. The van der Waals surface area contributed by atoms with E-state index >= 15 is 0 Å². The van der Waals surface area contributed by atoms with E-state index in [0.29, 0.717) is 25.1 Å². The summed E-state index contributed by atoms with van der Waals surface area (Å²) in [5, 5.41) is 18.2. The summed E-state index contributed by atoms with van der Waals surface area (Å²) >= 11 is 0. The van der Waals surface area contributed by atoms with Crippen LogP contribution in [0.15, 0.2) is 6.07 Å². The van der Waals surface area contributed by atoms with Gasteiger partial charge in [0.15, 0.2) is 0 Å². The van der Waals surface area contributed by atoms with Gasteiger partial charge in [-0.2, -0.15) is 10.2 Å². The molecule has 2 rings (SSSR count). The fourth-order valence-electron chi connectivity index (χ4n) is 2.52. The first kappa shape index (κ1) is 13.9. The van der Waals surface area contributed by atoms with Crippen LogP contribution in [0.3, 0.4) is 0 Å². The minimum Gasteiger partial charge on any atom is -0.388 e. The Morgan fingerprint density at radius 1 is 1.53 bits per heavy atom. The van der Waals surface area contributed by atoms with Gasteiger partial charge in [-0.25, -0.2) is 0 Å².